The molecule has 1 aromatic carbocycles. The maximum atomic E-state index is 6.13. The highest BCUT2D eigenvalue weighted by Crippen LogP contribution is 2.30. The van der Waals surface area contributed by atoms with Crippen molar-refractivity contribution in [3.8, 4) is 0 Å². The summed E-state index contributed by atoms with van der Waals surface area (Å²) >= 11 is 3.66. The van der Waals surface area contributed by atoms with Gasteiger partial charge in [-0.3, -0.25) is 4.90 Å². The Hall–Kier alpha value is -0.420. The second-order valence-electron chi connectivity index (χ2n) is 6.90. The topological polar surface area (TPSA) is 38.5 Å². The van der Waals surface area contributed by atoms with Gasteiger partial charge in [0.05, 0.1) is 11.2 Å². The Morgan fingerprint density at radius 1 is 1.20 bits per heavy atom. The number of ether oxygens (including phenoxy) is 1. The first-order chi connectivity index (χ1) is 9.21. The molecule has 0 bridgehead atoms. The fraction of sp³-hybridized carbons (Fsp3) is 0.625. The Labute approximate surface area is 130 Å². The second-order valence-corrected chi connectivity index (χ2v) is 7.75. The van der Waals surface area contributed by atoms with Gasteiger partial charge in [0.1, 0.15) is 0 Å². The molecule has 1 saturated heterocycles. The molecule has 0 radical (unpaired) electrons. The number of benzene rings is 1. The van der Waals surface area contributed by atoms with Gasteiger partial charge in [0.15, 0.2) is 0 Å². The van der Waals surface area contributed by atoms with Crippen LogP contribution in [0.4, 0.5) is 0 Å². The van der Waals surface area contributed by atoms with Gasteiger partial charge in [-0.15, -0.1) is 0 Å². The number of morpholine rings is 1. The van der Waals surface area contributed by atoms with E-state index < -0.39 is 0 Å². The van der Waals surface area contributed by atoms with Crippen LogP contribution < -0.4 is 5.73 Å². The monoisotopic (exact) mass is 340 g/mol. The summed E-state index contributed by atoms with van der Waals surface area (Å²) in [5, 5.41) is 0. The van der Waals surface area contributed by atoms with Crippen LogP contribution in [0.1, 0.15) is 38.8 Å². The first kappa shape index (κ1) is 16.0. The third-order valence-corrected chi connectivity index (χ3v) is 4.25. The Morgan fingerprint density at radius 2 is 1.80 bits per heavy atom. The predicted molar refractivity (Wildman–Crippen MR) is 86.6 cm³/mol. The minimum atomic E-state index is -0.106. The molecule has 1 aliphatic heterocycles. The largest absolute Gasteiger partial charge is 0.367 e. The van der Waals surface area contributed by atoms with Crippen molar-refractivity contribution in [2.75, 3.05) is 13.1 Å². The number of hydrogen-bond acceptors (Lipinski definition) is 3. The van der Waals surface area contributed by atoms with Crippen LogP contribution in [0.2, 0.25) is 0 Å². The molecule has 0 aromatic heterocycles. The number of halogens is 1. The Bertz CT molecular complexity index is 469. The van der Waals surface area contributed by atoms with E-state index >= 15 is 0 Å². The molecule has 112 valence electrons. The van der Waals surface area contributed by atoms with Crippen LogP contribution in [0, 0.1) is 0 Å². The van der Waals surface area contributed by atoms with E-state index in [4.69, 9.17) is 10.5 Å². The van der Waals surface area contributed by atoms with Gasteiger partial charge in [0.25, 0.3) is 0 Å². The van der Waals surface area contributed by atoms with Crippen LogP contribution >= 0.6 is 15.9 Å². The summed E-state index contributed by atoms with van der Waals surface area (Å²) < 4.78 is 7.27. The first-order valence-electron chi connectivity index (χ1n) is 7.11. The summed E-state index contributed by atoms with van der Waals surface area (Å²) in [5.74, 6) is 0. The molecule has 0 amide bonds. The average Bonchev–Trinajstić information content (AvgIpc) is 2.27. The molecule has 2 rings (SSSR count). The van der Waals surface area contributed by atoms with Crippen molar-refractivity contribution in [2.45, 2.75) is 52.0 Å². The third-order valence-electron chi connectivity index (χ3n) is 3.51. The van der Waals surface area contributed by atoms with Crippen molar-refractivity contribution in [1.82, 2.24) is 4.90 Å². The predicted octanol–water partition coefficient (Wildman–Crippen LogP) is 3.30. The highest BCUT2D eigenvalue weighted by atomic mass is 79.9. The molecule has 0 unspecified atom stereocenters. The average molecular weight is 341 g/mol. The fourth-order valence-electron chi connectivity index (χ4n) is 3.14. The molecule has 1 aliphatic rings. The summed E-state index contributed by atoms with van der Waals surface area (Å²) in [7, 11) is 0. The zero-order valence-electron chi connectivity index (χ0n) is 12.9. The number of hydrogen-bond donors (Lipinski definition) is 1. The molecule has 2 N–H and O–H groups in total. The molecule has 0 saturated carbocycles. The lowest BCUT2D eigenvalue weighted by atomic mass is 9.98. The lowest BCUT2D eigenvalue weighted by molar-refractivity contribution is -0.182. The van der Waals surface area contributed by atoms with Gasteiger partial charge >= 0.3 is 0 Å². The standard InChI is InChI=1S/C16H25BrN2O/c1-15(2)10-19(11-16(3,4)20-15)9-13-6-5-12(8-18)7-14(13)17/h5-7H,8-11,18H2,1-4H3. The zero-order valence-corrected chi connectivity index (χ0v) is 14.5. The Morgan fingerprint density at radius 3 is 2.30 bits per heavy atom. The quantitative estimate of drug-likeness (QED) is 0.917. The summed E-state index contributed by atoms with van der Waals surface area (Å²) in [6.45, 7) is 12.0. The molecular weight excluding hydrogens is 316 g/mol. The van der Waals surface area contributed by atoms with Crippen LogP contribution in [-0.2, 0) is 17.8 Å². The van der Waals surface area contributed by atoms with Crippen LogP contribution in [0.5, 0.6) is 0 Å². The molecule has 0 atom stereocenters. The van der Waals surface area contributed by atoms with Gasteiger partial charge in [-0.05, 0) is 44.9 Å². The van der Waals surface area contributed by atoms with Crippen LogP contribution in [0.25, 0.3) is 0 Å². The van der Waals surface area contributed by atoms with Crippen molar-refractivity contribution in [1.29, 1.82) is 0 Å². The summed E-state index contributed by atoms with van der Waals surface area (Å²) in [6.07, 6.45) is 0. The molecule has 0 aliphatic carbocycles. The fourth-order valence-corrected chi connectivity index (χ4v) is 3.70. The highest BCUT2D eigenvalue weighted by Gasteiger charge is 2.37. The van der Waals surface area contributed by atoms with Crippen molar-refractivity contribution >= 4 is 15.9 Å². The minimum Gasteiger partial charge on any atom is -0.367 e. The maximum Gasteiger partial charge on any atom is 0.0760 e. The van der Waals surface area contributed by atoms with E-state index in [2.05, 4.69) is 66.7 Å². The number of nitrogens with two attached hydrogens (primary N) is 1. The van der Waals surface area contributed by atoms with Crippen molar-refractivity contribution in [3.63, 3.8) is 0 Å². The molecular formula is C16H25BrN2O. The SMILES string of the molecule is CC1(C)CN(Cc2ccc(CN)cc2Br)CC(C)(C)O1. The molecule has 3 nitrogen and oxygen atoms in total. The van der Waals surface area contributed by atoms with E-state index in [1.54, 1.807) is 0 Å². The lowest BCUT2D eigenvalue weighted by Crippen LogP contribution is -2.56. The van der Waals surface area contributed by atoms with Gasteiger partial charge < -0.3 is 10.5 Å². The van der Waals surface area contributed by atoms with Gasteiger partial charge in [-0.2, -0.15) is 0 Å². The molecule has 4 heteroatoms. The maximum absolute atomic E-state index is 6.13. The van der Waals surface area contributed by atoms with E-state index in [-0.39, 0.29) is 11.2 Å². The summed E-state index contributed by atoms with van der Waals surface area (Å²) in [5.41, 5.74) is 7.92. The van der Waals surface area contributed by atoms with E-state index in [1.165, 1.54) is 5.56 Å². The van der Waals surface area contributed by atoms with Crippen LogP contribution in [-0.4, -0.2) is 29.2 Å². The third kappa shape index (κ3) is 4.04. The summed E-state index contributed by atoms with van der Waals surface area (Å²) in [6, 6.07) is 6.39. The Kier molecular flexibility index (Phi) is 4.59. The normalized spacial score (nSPS) is 21.9. The molecule has 1 aromatic rings. The smallest absolute Gasteiger partial charge is 0.0760 e. The van der Waals surface area contributed by atoms with E-state index in [9.17, 15) is 0 Å². The lowest BCUT2D eigenvalue weighted by Gasteiger charge is -2.47. The van der Waals surface area contributed by atoms with Gasteiger partial charge in [0, 0.05) is 30.7 Å². The van der Waals surface area contributed by atoms with Gasteiger partial charge in [-0.1, -0.05) is 28.1 Å². The van der Waals surface area contributed by atoms with Gasteiger partial charge in [-0.25, -0.2) is 0 Å². The second kappa shape index (κ2) is 5.76. The van der Waals surface area contributed by atoms with Gasteiger partial charge in [0.2, 0.25) is 0 Å². The van der Waals surface area contributed by atoms with Crippen LogP contribution in [0.3, 0.4) is 0 Å². The van der Waals surface area contributed by atoms with E-state index in [0.29, 0.717) is 6.54 Å². The van der Waals surface area contributed by atoms with Crippen molar-refractivity contribution < 1.29 is 4.74 Å². The molecule has 20 heavy (non-hydrogen) atoms. The van der Waals surface area contributed by atoms with Crippen molar-refractivity contribution in [2.24, 2.45) is 5.73 Å². The molecule has 1 heterocycles. The van der Waals surface area contributed by atoms with Crippen molar-refractivity contribution in [3.05, 3.63) is 33.8 Å². The van der Waals surface area contributed by atoms with E-state index in [0.717, 1.165) is 29.7 Å². The Balaban J connectivity index is 2.13. The van der Waals surface area contributed by atoms with E-state index in [1.807, 2.05) is 0 Å². The summed E-state index contributed by atoms with van der Waals surface area (Å²) in [4.78, 5) is 2.46. The minimum absolute atomic E-state index is 0.106. The number of nitrogens with zero attached hydrogens (tertiary/aromatic N) is 1. The number of rotatable bonds is 3. The molecule has 1 fully saturated rings. The zero-order chi connectivity index (χ0) is 15.0. The first-order valence-corrected chi connectivity index (χ1v) is 7.90. The molecule has 0 spiro atoms. The highest BCUT2D eigenvalue weighted by molar-refractivity contribution is 9.10. The van der Waals surface area contributed by atoms with Crippen LogP contribution in [0.15, 0.2) is 22.7 Å².